The van der Waals surface area contributed by atoms with Crippen LogP contribution in [0.1, 0.15) is 15.9 Å². The predicted molar refractivity (Wildman–Crippen MR) is 80.7 cm³/mol. The number of rotatable bonds is 2. The van der Waals surface area contributed by atoms with Gasteiger partial charge in [-0.2, -0.15) is 13.2 Å². The van der Waals surface area contributed by atoms with Crippen LogP contribution in [-0.2, 0) is 6.18 Å². The molecule has 3 rings (SSSR count). The van der Waals surface area contributed by atoms with Crippen molar-refractivity contribution in [1.29, 1.82) is 0 Å². The molecule has 0 bridgehead atoms. The molecule has 2 aromatic carbocycles. The molecular weight excluding hydrogens is 305 g/mol. The third kappa shape index (κ3) is 2.75. The van der Waals surface area contributed by atoms with Crippen molar-refractivity contribution in [3.05, 3.63) is 65.7 Å². The lowest BCUT2D eigenvalue weighted by molar-refractivity contribution is -0.136. The normalized spacial score (nSPS) is 11.6. The molecule has 0 radical (unpaired) electrons. The number of primary amides is 1. The molecular formula is C17H11F3N2O. The molecule has 1 aromatic heterocycles. The maximum Gasteiger partial charge on any atom is 0.418 e. The van der Waals surface area contributed by atoms with Crippen molar-refractivity contribution in [1.82, 2.24) is 4.98 Å². The van der Waals surface area contributed by atoms with Crippen LogP contribution in [0.2, 0.25) is 0 Å². The van der Waals surface area contributed by atoms with Gasteiger partial charge >= 0.3 is 6.18 Å². The average Bonchev–Trinajstić information content (AvgIpc) is 2.52. The first-order valence-electron chi connectivity index (χ1n) is 6.74. The Bertz CT molecular complexity index is 889. The van der Waals surface area contributed by atoms with Gasteiger partial charge in [0.2, 0.25) is 0 Å². The van der Waals surface area contributed by atoms with Crippen LogP contribution < -0.4 is 5.73 Å². The minimum absolute atomic E-state index is 0.0861. The van der Waals surface area contributed by atoms with E-state index in [-0.39, 0.29) is 22.2 Å². The number of para-hydroxylation sites is 1. The predicted octanol–water partition coefficient (Wildman–Crippen LogP) is 4.02. The number of halogens is 3. The van der Waals surface area contributed by atoms with E-state index in [0.717, 1.165) is 6.07 Å². The Morgan fingerprint density at radius 3 is 2.30 bits per heavy atom. The zero-order chi connectivity index (χ0) is 16.6. The van der Waals surface area contributed by atoms with Gasteiger partial charge in [0.15, 0.2) is 0 Å². The molecule has 0 saturated carbocycles. The summed E-state index contributed by atoms with van der Waals surface area (Å²) in [6, 6.07) is 13.6. The van der Waals surface area contributed by atoms with Crippen LogP contribution in [0.4, 0.5) is 13.2 Å². The van der Waals surface area contributed by atoms with E-state index >= 15 is 0 Å². The molecule has 3 nitrogen and oxygen atoms in total. The van der Waals surface area contributed by atoms with E-state index in [4.69, 9.17) is 5.73 Å². The highest BCUT2D eigenvalue weighted by Crippen LogP contribution is 2.35. The molecule has 0 spiro atoms. The smallest absolute Gasteiger partial charge is 0.366 e. The van der Waals surface area contributed by atoms with E-state index in [0.29, 0.717) is 5.56 Å². The third-order valence-electron chi connectivity index (χ3n) is 3.46. The van der Waals surface area contributed by atoms with Gasteiger partial charge in [-0.1, -0.05) is 42.5 Å². The highest BCUT2D eigenvalue weighted by Gasteiger charge is 2.33. The number of pyridine rings is 1. The molecule has 1 amide bonds. The summed E-state index contributed by atoms with van der Waals surface area (Å²) < 4.78 is 39.5. The lowest BCUT2D eigenvalue weighted by Gasteiger charge is -2.13. The van der Waals surface area contributed by atoms with E-state index in [2.05, 4.69) is 4.98 Å². The van der Waals surface area contributed by atoms with E-state index in [1.165, 1.54) is 18.2 Å². The molecule has 0 fully saturated rings. The number of amides is 1. The van der Waals surface area contributed by atoms with Gasteiger partial charge < -0.3 is 5.73 Å². The van der Waals surface area contributed by atoms with Crippen LogP contribution in [0.5, 0.6) is 0 Å². The fourth-order valence-electron chi connectivity index (χ4n) is 2.43. The molecule has 0 aliphatic rings. The van der Waals surface area contributed by atoms with Crippen molar-refractivity contribution in [2.24, 2.45) is 5.73 Å². The SMILES string of the molecule is NC(=O)c1cc2cccc(C(F)(F)F)c2nc1-c1ccccc1. The molecule has 0 atom stereocenters. The number of alkyl halides is 3. The van der Waals surface area contributed by atoms with Crippen LogP contribution >= 0.6 is 0 Å². The second kappa shape index (κ2) is 5.39. The first-order chi connectivity index (χ1) is 10.9. The maximum atomic E-state index is 13.2. The molecule has 23 heavy (non-hydrogen) atoms. The van der Waals surface area contributed by atoms with Crippen LogP contribution in [0.25, 0.3) is 22.2 Å². The van der Waals surface area contributed by atoms with Gasteiger partial charge in [-0.15, -0.1) is 0 Å². The van der Waals surface area contributed by atoms with Gasteiger partial charge in [-0.05, 0) is 12.1 Å². The van der Waals surface area contributed by atoms with Crippen molar-refractivity contribution in [2.45, 2.75) is 6.18 Å². The summed E-state index contributed by atoms with van der Waals surface area (Å²) in [5.41, 5.74) is 5.07. The zero-order valence-electron chi connectivity index (χ0n) is 11.8. The van der Waals surface area contributed by atoms with Gasteiger partial charge in [0.05, 0.1) is 22.3 Å². The Morgan fingerprint density at radius 2 is 1.70 bits per heavy atom. The van der Waals surface area contributed by atoms with E-state index in [1.807, 2.05) is 0 Å². The van der Waals surface area contributed by atoms with Gasteiger partial charge in [-0.25, -0.2) is 4.98 Å². The summed E-state index contributed by atoms with van der Waals surface area (Å²) in [7, 11) is 0. The number of hydrogen-bond acceptors (Lipinski definition) is 2. The Morgan fingerprint density at radius 1 is 1.00 bits per heavy atom. The molecule has 1 heterocycles. The van der Waals surface area contributed by atoms with Crippen molar-refractivity contribution < 1.29 is 18.0 Å². The number of nitrogens with zero attached hydrogens (tertiary/aromatic N) is 1. The molecule has 116 valence electrons. The number of benzene rings is 2. The first-order valence-corrected chi connectivity index (χ1v) is 6.74. The van der Waals surface area contributed by atoms with Gasteiger partial charge in [0.1, 0.15) is 0 Å². The zero-order valence-corrected chi connectivity index (χ0v) is 11.8. The highest BCUT2D eigenvalue weighted by molar-refractivity contribution is 6.02. The summed E-state index contributed by atoms with van der Waals surface area (Å²) in [6.07, 6.45) is -4.53. The molecule has 3 aromatic rings. The fraction of sp³-hybridized carbons (Fsp3) is 0.0588. The molecule has 0 aliphatic heterocycles. The Labute approximate surface area is 129 Å². The highest BCUT2D eigenvalue weighted by atomic mass is 19.4. The monoisotopic (exact) mass is 316 g/mol. The number of aromatic nitrogens is 1. The lowest BCUT2D eigenvalue weighted by atomic mass is 10.0. The van der Waals surface area contributed by atoms with Crippen molar-refractivity contribution >= 4 is 16.8 Å². The Balaban J connectivity index is 2.38. The molecule has 2 N–H and O–H groups in total. The summed E-state index contributed by atoms with van der Waals surface area (Å²) in [5.74, 6) is -0.740. The lowest BCUT2D eigenvalue weighted by Crippen LogP contribution is -2.14. The number of nitrogens with two attached hydrogens (primary N) is 1. The van der Waals surface area contributed by atoms with Crippen LogP contribution in [0.15, 0.2) is 54.6 Å². The van der Waals surface area contributed by atoms with Crippen molar-refractivity contribution in [3.63, 3.8) is 0 Å². The Kier molecular flexibility index (Phi) is 3.52. The van der Waals surface area contributed by atoms with Crippen LogP contribution in [0, 0.1) is 0 Å². The number of carbonyl (C=O) groups excluding carboxylic acids is 1. The second-order valence-corrected chi connectivity index (χ2v) is 4.99. The number of carbonyl (C=O) groups is 1. The third-order valence-corrected chi connectivity index (χ3v) is 3.46. The van der Waals surface area contributed by atoms with Crippen LogP contribution in [0.3, 0.4) is 0 Å². The number of fused-ring (bicyclic) bond motifs is 1. The summed E-state index contributed by atoms with van der Waals surface area (Å²) in [4.78, 5) is 15.8. The van der Waals surface area contributed by atoms with E-state index < -0.39 is 17.6 Å². The quantitative estimate of drug-likeness (QED) is 0.776. The standard InChI is InChI=1S/C17H11F3N2O/c18-17(19,20)13-8-4-7-11-9-12(16(21)23)14(22-15(11)13)10-5-2-1-3-6-10/h1-9H,(H2,21,23). The van der Waals surface area contributed by atoms with Crippen molar-refractivity contribution in [2.75, 3.05) is 0 Å². The fourth-order valence-corrected chi connectivity index (χ4v) is 2.43. The molecule has 0 unspecified atom stereocenters. The summed E-state index contributed by atoms with van der Waals surface area (Å²) >= 11 is 0. The largest absolute Gasteiger partial charge is 0.418 e. The van der Waals surface area contributed by atoms with Gasteiger partial charge in [0, 0.05) is 10.9 Å². The maximum absolute atomic E-state index is 13.2. The van der Waals surface area contributed by atoms with Gasteiger partial charge in [0.25, 0.3) is 5.91 Å². The van der Waals surface area contributed by atoms with E-state index in [1.54, 1.807) is 30.3 Å². The van der Waals surface area contributed by atoms with Gasteiger partial charge in [-0.3, -0.25) is 4.79 Å². The Hall–Kier alpha value is -2.89. The summed E-state index contributed by atoms with van der Waals surface area (Å²) in [5, 5.41) is 0.216. The minimum Gasteiger partial charge on any atom is -0.366 e. The molecule has 0 aliphatic carbocycles. The van der Waals surface area contributed by atoms with E-state index in [9.17, 15) is 18.0 Å². The minimum atomic E-state index is -4.53. The van der Waals surface area contributed by atoms with Crippen LogP contribution in [-0.4, -0.2) is 10.9 Å². The summed E-state index contributed by atoms with van der Waals surface area (Å²) in [6.45, 7) is 0. The topological polar surface area (TPSA) is 56.0 Å². The second-order valence-electron chi connectivity index (χ2n) is 4.99. The first kappa shape index (κ1) is 15.0. The number of hydrogen-bond donors (Lipinski definition) is 1. The molecule has 0 saturated heterocycles. The van der Waals surface area contributed by atoms with Crippen molar-refractivity contribution in [3.8, 4) is 11.3 Å². The average molecular weight is 316 g/mol. The molecule has 6 heteroatoms.